The molecule has 0 spiro atoms. The van der Waals surface area contributed by atoms with E-state index in [1.54, 1.807) is 38.2 Å². The minimum Gasteiger partial charge on any atom is -0.392 e. The van der Waals surface area contributed by atoms with E-state index in [1.807, 2.05) is 6.92 Å². The monoisotopic (exact) mass is 306 g/mol. The summed E-state index contributed by atoms with van der Waals surface area (Å²) in [6.07, 6.45) is 1.55. The molecular weight excluding hydrogens is 288 g/mol. The van der Waals surface area contributed by atoms with Crippen molar-refractivity contribution in [2.24, 2.45) is 0 Å². The van der Waals surface area contributed by atoms with Gasteiger partial charge in [-0.15, -0.1) is 0 Å². The highest BCUT2D eigenvalue weighted by molar-refractivity contribution is 7.92. The third kappa shape index (κ3) is 3.40. The van der Waals surface area contributed by atoms with Crippen LogP contribution in [0.2, 0.25) is 0 Å². The Morgan fingerprint density at radius 3 is 2.52 bits per heavy atom. The van der Waals surface area contributed by atoms with Crippen LogP contribution in [0.1, 0.15) is 22.4 Å². The molecule has 0 saturated carbocycles. The van der Waals surface area contributed by atoms with Crippen molar-refractivity contribution in [2.45, 2.75) is 32.3 Å². The minimum absolute atomic E-state index is 0.181. The van der Waals surface area contributed by atoms with Gasteiger partial charge in [0.2, 0.25) is 0 Å². The van der Waals surface area contributed by atoms with Gasteiger partial charge in [0.25, 0.3) is 10.0 Å². The van der Waals surface area contributed by atoms with E-state index >= 15 is 0 Å². The number of rotatable bonds is 4. The van der Waals surface area contributed by atoms with Gasteiger partial charge in [-0.25, -0.2) is 8.42 Å². The van der Waals surface area contributed by atoms with Gasteiger partial charge in [-0.1, -0.05) is 6.07 Å². The van der Waals surface area contributed by atoms with Crippen LogP contribution >= 0.6 is 0 Å². The van der Waals surface area contributed by atoms with E-state index in [1.165, 1.54) is 6.07 Å². The molecule has 2 aromatic rings. The highest BCUT2D eigenvalue weighted by Crippen LogP contribution is 2.23. The zero-order chi connectivity index (χ0) is 15.6. The molecule has 0 radical (unpaired) electrons. The summed E-state index contributed by atoms with van der Waals surface area (Å²) >= 11 is 0. The van der Waals surface area contributed by atoms with Gasteiger partial charge < -0.3 is 5.11 Å². The topological polar surface area (TPSA) is 79.3 Å². The Morgan fingerprint density at radius 1 is 1.19 bits per heavy atom. The van der Waals surface area contributed by atoms with Crippen LogP contribution in [-0.2, 0) is 16.6 Å². The number of hydrogen-bond donors (Lipinski definition) is 2. The fourth-order valence-corrected chi connectivity index (χ4v) is 3.51. The number of pyridine rings is 1. The number of anilines is 1. The smallest absolute Gasteiger partial charge is 0.262 e. The van der Waals surface area contributed by atoms with Gasteiger partial charge in [-0.2, -0.15) is 0 Å². The first-order valence-electron chi connectivity index (χ1n) is 6.50. The Morgan fingerprint density at radius 2 is 1.90 bits per heavy atom. The summed E-state index contributed by atoms with van der Waals surface area (Å²) in [5, 5.41) is 9.25. The third-order valence-corrected chi connectivity index (χ3v) is 4.81. The molecule has 0 amide bonds. The molecule has 0 atom stereocenters. The second kappa shape index (κ2) is 5.83. The molecule has 1 heterocycles. The number of aryl methyl sites for hydroxylation is 2. The first-order valence-corrected chi connectivity index (χ1v) is 7.98. The third-order valence-electron chi connectivity index (χ3n) is 3.30. The first kappa shape index (κ1) is 15.5. The molecule has 2 rings (SSSR count). The fourth-order valence-electron chi connectivity index (χ4n) is 2.09. The predicted molar refractivity (Wildman–Crippen MR) is 81.6 cm³/mol. The van der Waals surface area contributed by atoms with Gasteiger partial charge in [0.05, 0.1) is 17.2 Å². The van der Waals surface area contributed by atoms with Crippen molar-refractivity contribution >= 4 is 15.7 Å². The number of nitrogens with one attached hydrogen (secondary N) is 1. The van der Waals surface area contributed by atoms with Crippen molar-refractivity contribution in [3.8, 4) is 0 Å². The van der Waals surface area contributed by atoms with E-state index in [0.717, 1.165) is 11.3 Å². The van der Waals surface area contributed by atoms with Gasteiger partial charge >= 0.3 is 0 Å². The van der Waals surface area contributed by atoms with Gasteiger partial charge in [-0.05, 0) is 55.7 Å². The van der Waals surface area contributed by atoms with Crippen molar-refractivity contribution in [3.05, 3.63) is 52.8 Å². The summed E-state index contributed by atoms with van der Waals surface area (Å²) in [6, 6.07) is 6.54. The lowest BCUT2D eigenvalue weighted by Crippen LogP contribution is -2.15. The second-order valence-corrected chi connectivity index (χ2v) is 6.64. The summed E-state index contributed by atoms with van der Waals surface area (Å²) in [7, 11) is -3.70. The molecule has 1 aromatic heterocycles. The number of sulfonamides is 1. The quantitative estimate of drug-likeness (QED) is 0.908. The van der Waals surface area contributed by atoms with Crippen molar-refractivity contribution in [3.63, 3.8) is 0 Å². The number of nitrogens with zero attached hydrogens (tertiary/aromatic N) is 1. The molecule has 0 aliphatic carbocycles. The van der Waals surface area contributed by atoms with Crippen LogP contribution in [0.25, 0.3) is 0 Å². The summed E-state index contributed by atoms with van der Waals surface area (Å²) in [5.41, 5.74) is 3.27. The van der Waals surface area contributed by atoms with Crippen molar-refractivity contribution in [1.82, 2.24) is 4.98 Å². The van der Waals surface area contributed by atoms with Crippen LogP contribution in [0.5, 0.6) is 0 Å². The zero-order valence-electron chi connectivity index (χ0n) is 12.2. The number of aliphatic hydroxyl groups is 1. The standard InChI is InChI=1S/C15H18N2O3S/c1-10-6-13(9-18)8-15(12(10)3)21(19,20)17-14-4-5-16-11(2)7-14/h4-8,18H,9H2,1-3H3,(H,16,17). The lowest BCUT2D eigenvalue weighted by molar-refractivity contribution is 0.281. The van der Waals surface area contributed by atoms with Crippen LogP contribution in [-0.4, -0.2) is 18.5 Å². The number of aliphatic hydroxyl groups excluding tert-OH is 1. The Bertz CT molecular complexity index is 770. The first-order chi connectivity index (χ1) is 9.83. The summed E-state index contributed by atoms with van der Waals surface area (Å²) in [4.78, 5) is 4.22. The Hall–Kier alpha value is -1.92. The van der Waals surface area contributed by atoms with Crippen LogP contribution < -0.4 is 4.72 Å². The van der Waals surface area contributed by atoms with Crippen molar-refractivity contribution in [1.29, 1.82) is 0 Å². The maximum atomic E-state index is 12.5. The van der Waals surface area contributed by atoms with E-state index in [-0.39, 0.29) is 11.5 Å². The molecule has 0 aliphatic heterocycles. The van der Waals surface area contributed by atoms with Crippen molar-refractivity contribution in [2.75, 3.05) is 4.72 Å². The van der Waals surface area contributed by atoms with Gasteiger partial charge in [0.15, 0.2) is 0 Å². The molecule has 0 fully saturated rings. The second-order valence-electron chi connectivity index (χ2n) is 4.99. The lowest BCUT2D eigenvalue weighted by Gasteiger charge is -2.13. The van der Waals surface area contributed by atoms with Gasteiger partial charge in [0, 0.05) is 11.9 Å². The van der Waals surface area contributed by atoms with Crippen LogP contribution in [0, 0.1) is 20.8 Å². The Kier molecular flexibility index (Phi) is 4.29. The SMILES string of the molecule is Cc1cc(NS(=O)(=O)c2cc(CO)cc(C)c2C)ccn1. The molecule has 21 heavy (non-hydrogen) atoms. The molecule has 2 N–H and O–H groups in total. The molecule has 6 heteroatoms. The molecule has 1 aromatic carbocycles. The summed E-state index contributed by atoms with van der Waals surface area (Å²) in [5.74, 6) is 0. The molecule has 0 aliphatic rings. The maximum absolute atomic E-state index is 12.5. The number of benzene rings is 1. The lowest BCUT2D eigenvalue weighted by atomic mass is 10.1. The molecule has 0 saturated heterocycles. The van der Waals surface area contributed by atoms with Crippen LogP contribution in [0.15, 0.2) is 35.4 Å². The largest absolute Gasteiger partial charge is 0.392 e. The van der Waals surface area contributed by atoms with Crippen molar-refractivity contribution < 1.29 is 13.5 Å². The molecule has 5 nitrogen and oxygen atoms in total. The molecule has 112 valence electrons. The van der Waals surface area contributed by atoms with E-state index in [2.05, 4.69) is 9.71 Å². The Labute approximate surface area is 124 Å². The van der Waals surface area contributed by atoms with Crippen LogP contribution in [0.4, 0.5) is 5.69 Å². The highest BCUT2D eigenvalue weighted by Gasteiger charge is 2.19. The van der Waals surface area contributed by atoms with E-state index < -0.39 is 10.0 Å². The van der Waals surface area contributed by atoms with Gasteiger partial charge in [-0.3, -0.25) is 9.71 Å². The van der Waals surface area contributed by atoms with Gasteiger partial charge in [0.1, 0.15) is 0 Å². The highest BCUT2D eigenvalue weighted by atomic mass is 32.2. The summed E-state index contributed by atoms with van der Waals surface area (Å²) < 4.78 is 27.6. The van der Waals surface area contributed by atoms with Crippen LogP contribution in [0.3, 0.4) is 0 Å². The minimum atomic E-state index is -3.70. The fraction of sp³-hybridized carbons (Fsp3) is 0.267. The molecular formula is C15H18N2O3S. The molecule has 0 unspecified atom stereocenters. The maximum Gasteiger partial charge on any atom is 0.262 e. The average Bonchev–Trinajstić information content (AvgIpc) is 2.41. The zero-order valence-corrected chi connectivity index (χ0v) is 13.0. The average molecular weight is 306 g/mol. The Balaban J connectivity index is 2.47. The number of aromatic nitrogens is 1. The summed E-state index contributed by atoms with van der Waals surface area (Å²) in [6.45, 7) is 5.17. The predicted octanol–water partition coefficient (Wildman–Crippen LogP) is 2.30. The number of hydrogen-bond acceptors (Lipinski definition) is 4. The normalized spacial score (nSPS) is 11.4. The van der Waals surface area contributed by atoms with E-state index in [0.29, 0.717) is 16.8 Å². The van der Waals surface area contributed by atoms with E-state index in [9.17, 15) is 13.5 Å². The molecule has 0 bridgehead atoms. The van der Waals surface area contributed by atoms with E-state index in [4.69, 9.17) is 0 Å².